The lowest BCUT2D eigenvalue weighted by atomic mass is 10.1. The van der Waals surface area contributed by atoms with Gasteiger partial charge in [0.05, 0.1) is 17.9 Å². The first kappa shape index (κ1) is 14.3. The average molecular weight is 291 g/mol. The zero-order valence-corrected chi connectivity index (χ0v) is 11.7. The van der Waals surface area contributed by atoms with Crippen LogP contribution in [0.15, 0.2) is 42.6 Å². The van der Waals surface area contributed by atoms with Gasteiger partial charge in [-0.05, 0) is 36.8 Å². The van der Waals surface area contributed by atoms with Crippen LogP contribution in [0.2, 0.25) is 5.02 Å². The third-order valence-corrected chi connectivity index (χ3v) is 3.13. The molecule has 4 N–H and O–H groups in total. The number of carbonyl (C=O) groups is 1. The lowest BCUT2D eigenvalue weighted by Gasteiger charge is -2.14. The van der Waals surface area contributed by atoms with Crippen LogP contribution >= 0.6 is 11.6 Å². The summed E-state index contributed by atoms with van der Waals surface area (Å²) in [5.74, 6) is 5.00. The van der Waals surface area contributed by atoms with Gasteiger partial charge in [-0.2, -0.15) is 0 Å². The minimum Gasteiger partial charge on any atom is -0.344 e. The molecule has 0 aliphatic carbocycles. The van der Waals surface area contributed by atoms with Crippen LogP contribution in [-0.4, -0.2) is 10.9 Å². The van der Waals surface area contributed by atoms with E-state index in [1.165, 1.54) is 6.20 Å². The van der Waals surface area contributed by atoms with Gasteiger partial charge >= 0.3 is 0 Å². The molecule has 1 aromatic heterocycles. The number of anilines is 1. The second-order valence-corrected chi connectivity index (χ2v) is 4.76. The number of aromatic nitrogens is 1. The molecule has 1 heterocycles. The van der Waals surface area contributed by atoms with E-state index >= 15 is 0 Å². The molecule has 0 bridgehead atoms. The number of hydrazine groups is 1. The van der Waals surface area contributed by atoms with Crippen LogP contribution in [0, 0.1) is 0 Å². The summed E-state index contributed by atoms with van der Waals surface area (Å²) in [5.41, 5.74) is 4.42. The van der Waals surface area contributed by atoms with Crippen LogP contribution in [0.25, 0.3) is 0 Å². The number of nitrogens with zero attached hydrogens (tertiary/aromatic N) is 1. The molecule has 1 unspecified atom stereocenters. The summed E-state index contributed by atoms with van der Waals surface area (Å²) in [6.07, 6.45) is 1.50. The Morgan fingerprint density at radius 3 is 2.50 bits per heavy atom. The molecule has 0 aliphatic heterocycles. The number of carbonyl (C=O) groups excluding carboxylic acids is 1. The summed E-state index contributed by atoms with van der Waals surface area (Å²) in [6, 6.07) is 10.5. The Kier molecular flexibility index (Phi) is 4.55. The molecule has 5 nitrogen and oxygen atoms in total. The van der Waals surface area contributed by atoms with Gasteiger partial charge in [0.25, 0.3) is 5.91 Å². The van der Waals surface area contributed by atoms with Crippen molar-refractivity contribution in [3.05, 3.63) is 58.9 Å². The highest BCUT2D eigenvalue weighted by atomic mass is 35.5. The van der Waals surface area contributed by atoms with Gasteiger partial charge in [-0.25, -0.2) is 4.98 Å². The number of nitrogens with one attached hydrogen (secondary N) is 2. The maximum atomic E-state index is 12.0. The van der Waals surface area contributed by atoms with Crippen molar-refractivity contribution in [1.82, 2.24) is 10.3 Å². The Bertz CT molecular complexity index is 583. The molecule has 6 heteroatoms. The van der Waals surface area contributed by atoms with Gasteiger partial charge in [0.2, 0.25) is 0 Å². The standard InChI is InChI=1S/C14H15ClN4O/c1-9(10-2-4-11(15)5-3-10)18-14(20)13-7-6-12(19-16)8-17-13/h2-9,19H,16H2,1H3,(H,18,20). The van der Waals surface area contributed by atoms with Crippen LogP contribution < -0.4 is 16.6 Å². The molecule has 0 spiro atoms. The molecular weight excluding hydrogens is 276 g/mol. The molecule has 2 aromatic rings. The Balaban J connectivity index is 2.04. The van der Waals surface area contributed by atoms with Crippen LogP contribution in [0.3, 0.4) is 0 Å². The first-order chi connectivity index (χ1) is 9.60. The zero-order chi connectivity index (χ0) is 14.5. The van der Waals surface area contributed by atoms with Crippen molar-refractivity contribution in [2.75, 3.05) is 5.43 Å². The quantitative estimate of drug-likeness (QED) is 0.597. The number of hydrogen-bond donors (Lipinski definition) is 3. The van der Waals surface area contributed by atoms with Gasteiger partial charge in [-0.3, -0.25) is 10.6 Å². The number of nitrogen functional groups attached to an aromatic ring is 1. The van der Waals surface area contributed by atoms with E-state index in [2.05, 4.69) is 15.7 Å². The average Bonchev–Trinajstić information content (AvgIpc) is 2.48. The highest BCUT2D eigenvalue weighted by Gasteiger charge is 2.12. The van der Waals surface area contributed by atoms with Crippen molar-refractivity contribution < 1.29 is 4.79 Å². The lowest BCUT2D eigenvalue weighted by molar-refractivity contribution is 0.0935. The Labute approximate surface area is 122 Å². The molecule has 1 amide bonds. The van der Waals surface area contributed by atoms with Crippen molar-refractivity contribution in [3.63, 3.8) is 0 Å². The normalized spacial score (nSPS) is 11.8. The minimum absolute atomic E-state index is 0.131. The van der Waals surface area contributed by atoms with E-state index in [0.29, 0.717) is 16.4 Å². The number of rotatable bonds is 4. The van der Waals surface area contributed by atoms with Crippen molar-refractivity contribution in [1.29, 1.82) is 0 Å². The fourth-order valence-electron chi connectivity index (χ4n) is 1.72. The predicted molar refractivity (Wildman–Crippen MR) is 79.4 cm³/mol. The van der Waals surface area contributed by atoms with Crippen LogP contribution in [-0.2, 0) is 0 Å². The highest BCUT2D eigenvalue weighted by Crippen LogP contribution is 2.16. The van der Waals surface area contributed by atoms with Crippen LogP contribution in [0.4, 0.5) is 5.69 Å². The van der Waals surface area contributed by atoms with E-state index in [-0.39, 0.29) is 11.9 Å². The zero-order valence-electron chi connectivity index (χ0n) is 10.9. The van der Waals surface area contributed by atoms with Gasteiger partial charge in [-0.15, -0.1) is 0 Å². The number of hydrogen-bond acceptors (Lipinski definition) is 4. The molecular formula is C14H15ClN4O. The van der Waals surface area contributed by atoms with Crippen LogP contribution in [0.5, 0.6) is 0 Å². The molecule has 2 rings (SSSR count). The molecule has 0 saturated carbocycles. The SMILES string of the molecule is CC(NC(=O)c1ccc(NN)cn1)c1ccc(Cl)cc1. The number of pyridine rings is 1. The summed E-state index contributed by atoms with van der Waals surface area (Å²) in [7, 11) is 0. The molecule has 1 atom stereocenters. The van der Waals surface area contributed by atoms with E-state index in [9.17, 15) is 4.79 Å². The molecule has 104 valence electrons. The summed E-state index contributed by atoms with van der Waals surface area (Å²) in [5, 5.41) is 3.54. The number of nitrogens with two attached hydrogens (primary N) is 1. The van der Waals surface area contributed by atoms with E-state index < -0.39 is 0 Å². The van der Waals surface area contributed by atoms with Crippen molar-refractivity contribution in [2.24, 2.45) is 5.84 Å². The second-order valence-electron chi connectivity index (χ2n) is 4.32. The molecule has 20 heavy (non-hydrogen) atoms. The van der Waals surface area contributed by atoms with Gasteiger partial charge in [0.15, 0.2) is 0 Å². The third kappa shape index (κ3) is 3.46. The number of amides is 1. The number of halogens is 1. The lowest BCUT2D eigenvalue weighted by Crippen LogP contribution is -2.27. The summed E-state index contributed by atoms with van der Waals surface area (Å²) in [4.78, 5) is 16.1. The maximum Gasteiger partial charge on any atom is 0.270 e. The predicted octanol–water partition coefficient (Wildman–Crippen LogP) is 2.51. The molecule has 0 aliphatic rings. The molecule has 0 fully saturated rings. The van der Waals surface area contributed by atoms with Gasteiger partial charge in [-0.1, -0.05) is 23.7 Å². The summed E-state index contributed by atoms with van der Waals surface area (Å²) in [6.45, 7) is 1.90. The van der Waals surface area contributed by atoms with Gasteiger partial charge in [0.1, 0.15) is 5.69 Å². The summed E-state index contributed by atoms with van der Waals surface area (Å²) >= 11 is 5.83. The molecule has 0 saturated heterocycles. The van der Waals surface area contributed by atoms with E-state index in [4.69, 9.17) is 17.4 Å². The monoisotopic (exact) mass is 290 g/mol. The van der Waals surface area contributed by atoms with Gasteiger partial charge < -0.3 is 10.7 Å². The smallest absolute Gasteiger partial charge is 0.270 e. The minimum atomic E-state index is -0.240. The topological polar surface area (TPSA) is 80.0 Å². The Morgan fingerprint density at radius 2 is 1.95 bits per heavy atom. The largest absolute Gasteiger partial charge is 0.344 e. The maximum absolute atomic E-state index is 12.0. The Hall–Kier alpha value is -2.11. The second kappa shape index (κ2) is 6.36. The summed E-state index contributed by atoms with van der Waals surface area (Å²) < 4.78 is 0. The van der Waals surface area contributed by atoms with E-state index in [0.717, 1.165) is 5.56 Å². The fraction of sp³-hybridized carbons (Fsp3) is 0.143. The first-order valence-electron chi connectivity index (χ1n) is 6.09. The first-order valence-corrected chi connectivity index (χ1v) is 6.47. The molecule has 0 radical (unpaired) electrons. The van der Waals surface area contributed by atoms with Gasteiger partial charge in [0, 0.05) is 5.02 Å². The fourth-order valence-corrected chi connectivity index (χ4v) is 1.84. The third-order valence-electron chi connectivity index (χ3n) is 2.88. The highest BCUT2D eigenvalue weighted by molar-refractivity contribution is 6.30. The van der Waals surface area contributed by atoms with Crippen molar-refractivity contribution in [2.45, 2.75) is 13.0 Å². The van der Waals surface area contributed by atoms with E-state index in [1.54, 1.807) is 24.3 Å². The van der Waals surface area contributed by atoms with Crippen LogP contribution in [0.1, 0.15) is 29.0 Å². The van der Waals surface area contributed by atoms with E-state index in [1.807, 2.05) is 19.1 Å². The van der Waals surface area contributed by atoms with Crippen molar-refractivity contribution >= 4 is 23.2 Å². The number of benzene rings is 1. The molecule has 1 aromatic carbocycles. The Morgan fingerprint density at radius 1 is 1.25 bits per heavy atom. The van der Waals surface area contributed by atoms with Crippen molar-refractivity contribution in [3.8, 4) is 0 Å².